The van der Waals surface area contributed by atoms with E-state index in [9.17, 15) is 4.79 Å². The average molecular weight is 340 g/mol. The maximum Gasteiger partial charge on any atom is 0.273 e. The standard InChI is InChI=1S/C17H20N6O2/c1-11-7-14-15(9-18-21-17(14)24)20-16(11)23-5-3-12(4-6-23)25-13-8-19-22(2)10-13/h7-10,12H,3-6H2,1-2H3,(H,21,24). The van der Waals surface area contributed by atoms with Gasteiger partial charge in [0.05, 0.1) is 29.5 Å². The molecule has 1 aliphatic heterocycles. The van der Waals surface area contributed by atoms with Crippen LogP contribution in [-0.4, -0.2) is 44.2 Å². The van der Waals surface area contributed by atoms with E-state index >= 15 is 0 Å². The van der Waals surface area contributed by atoms with E-state index in [2.05, 4.69) is 25.2 Å². The lowest BCUT2D eigenvalue weighted by Gasteiger charge is -2.33. The summed E-state index contributed by atoms with van der Waals surface area (Å²) in [5.74, 6) is 1.73. The number of ether oxygens (including phenoxy) is 1. The minimum Gasteiger partial charge on any atom is -0.487 e. The average Bonchev–Trinajstić information content (AvgIpc) is 3.01. The Morgan fingerprint density at radius 2 is 2.08 bits per heavy atom. The van der Waals surface area contributed by atoms with E-state index in [1.165, 1.54) is 0 Å². The van der Waals surface area contributed by atoms with Gasteiger partial charge in [0.25, 0.3) is 5.56 Å². The van der Waals surface area contributed by atoms with E-state index in [1.807, 2.05) is 26.2 Å². The normalized spacial score (nSPS) is 15.7. The molecule has 1 N–H and O–H groups in total. The number of H-pyrrole nitrogens is 1. The molecule has 0 spiro atoms. The maximum atomic E-state index is 11.8. The number of anilines is 1. The molecule has 0 unspecified atom stereocenters. The van der Waals surface area contributed by atoms with E-state index in [1.54, 1.807) is 17.1 Å². The molecular weight excluding hydrogens is 320 g/mol. The van der Waals surface area contributed by atoms with Crippen molar-refractivity contribution in [1.29, 1.82) is 0 Å². The molecule has 0 saturated carbocycles. The van der Waals surface area contributed by atoms with E-state index < -0.39 is 0 Å². The third-order valence-electron chi connectivity index (χ3n) is 4.54. The quantitative estimate of drug-likeness (QED) is 0.775. The Hall–Kier alpha value is -2.90. The molecule has 1 aliphatic rings. The number of nitrogens with one attached hydrogen (secondary N) is 1. The van der Waals surface area contributed by atoms with Gasteiger partial charge in [-0.05, 0) is 18.6 Å². The lowest BCUT2D eigenvalue weighted by atomic mass is 10.1. The van der Waals surface area contributed by atoms with Crippen LogP contribution in [0.15, 0.2) is 29.5 Å². The summed E-state index contributed by atoms with van der Waals surface area (Å²) in [7, 11) is 1.88. The van der Waals surface area contributed by atoms with Crippen LogP contribution in [0.4, 0.5) is 5.82 Å². The molecule has 3 aromatic rings. The molecular formula is C17H20N6O2. The Labute approximate surface area is 144 Å². The second-order valence-corrected chi connectivity index (χ2v) is 6.41. The Balaban J connectivity index is 1.49. The van der Waals surface area contributed by atoms with Crippen LogP contribution in [0.3, 0.4) is 0 Å². The van der Waals surface area contributed by atoms with Gasteiger partial charge in [0.1, 0.15) is 11.9 Å². The van der Waals surface area contributed by atoms with Gasteiger partial charge in [0.15, 0.2) is 5.75 Å². The monoisotopic (exact) mass is 340 g/mol. The first-order valence-electron chi connectivity index (χ1n) is 8.35. The number of rotatable bonds is 3. The maximum absolute atomic E-state index is 11.8. The summed E-state index contributed by atoms with van der Waals surface area (Å²) >= 11 is 0. The van der Waals surface area contributed by atoms with Gasteiger partial charge in [-0.2, -0.15) is 10.2 Å². The summed E-state index contributed by atoms with van der Waals surface area (Å²) in [5.41, 5.74) is 1.41. The van der Waals surface area contributed by atoms with Crippen LogP contribution in [0.1, 0.15) is 18.4 Å². The van der Waals surface area contributed by atoms with Crippen molar-refractivity contribution in [2.45, 2.75) is 25.9 Å². The van der Waals surface area contributed by atoms with Crippen molar-refractivity contribution in [2.24, 2.45) is 7.05 Å². The van der Waals surface area contributed by atoms with Gasteiger partial charge in [-0.15, -0.1) is 0 Å². The number of pyridine rings is 1. The Bertz CT molecular complexity index is 955. The first-order chi connectivity index (χ1) is 12.1. The van der Waals surface area contributed by atoms with Gasteiger partial charge in [-0.3, -0.25) is 9.48 Å². The Kier molecular flexibility index (Phi) is 3.87. The molecule has 0 atom stereocenters. The number of hydrogen-bond donors (Lipinski definition) is 1. The molecule has 0 radical (unpaired) electrons. The van der Waals surface area contributed by atoms with Crippen LogP contribution in [0.25, 0.3) is 10.9 Å². The molecule has 1 fully saturated rings. The van der Waals surface area contributed by atoms with E-state index in [4.69, 9.17) is 4.74 Å². The van der Waals surface area contributed by atoms with E-state index in [0.29, 0.717) is 10.9 Å². The summed E-state index contributed by atoms with van der Waals surface area (Å²) in [4.78, 5) is 18.8. The van der Waals surface area contributed by atoms with Gasteiger partial charge >= 0.3 is 0 Å². The summed E-state index contributed by atoms with van der Waals surface area (Å²) in [6.07, 6.45) is 7.24. The Morgan fingerprint density at radius 1 is 1.28 bits per heavy atom. The summed E-state index contributed by atoms with van der Waals surface area (Å²) in [5, 5.41) is 11.0. The topological polar surface area (TPSA) is 88.9 Å². The van der Waals surface area contributed by atoms with Crippen molar-refractivity contribution in [3.63, 3.8) is 0 Å². The van der Waals surface area contributed by atoms with Crippen LogP contribution in [0.5, 0.6) is 5.75 Å². The third kappa shape index (κ3) is 3.07. The van der Waals surface area contributed by atoms with Crippen molar-refractivity contribution in [3.8, 4) is 5.75 Å². The summed E-state index contributed by atoms with van der Waals surface area (Å²) in [6, 6.07) is 1.89. The highest BCUT2D eigenvalue weighted by Gasteiger charge is 2.23. The molecule has 8 heteroatoms. The van der Waals surface area contributed by atoms with Gasteiger partial charge in [-0.25, -0.2) is 10.1 Å². The predicted molar refractivity (Wildman–Crippen MR) is 94.0 cm³/mol. The number of aryl methyl sites for hydroxylation is 2. The smallest absolute Gasteiger partial charge is 0.273 e. The minimum atomic E-state index is -0.205. The lowest BCUT2D eigenvalue weighted by Crippen LogP contribution is -2.39. The molecule has 4 heterocycles. The van der Waals surface area contributed by atoms with Gasteiger partial charge < -0.3 is 9.64 Å². The highest BCUT2D eigenvalue weighted by Crippen LogP contribution is 2.25. The lowest BCUT2D eigenvalue weighted by molar-refractivity contribution is 0.170. The second kappa shape index (κ2) is 6.19. The molecule has 0 aromatic carbocycles. The van der Waals surface area contributed by atoms with Crippen molar-refractivity contribution in [3.05, 3.63) is 40.6 Å². The minimum absolute atomic E-state index is 0.186. The zero-order chi connectivity index (χ0) is 17.4. The fourth-order valence-electron chi connectivity index (χ4n) is 3.27. The molecule has 1 saturated heterocycles. The first-order valence-corrected chi connectivity index (χ1v) is 8.35. The van der Waals surface area contributed by atoms with Gasteiger partial charge in [0, 0.05) is 33.0 Å². The fraction of sp³-hybridized carbons (Fsp3) is 0.412. The third-order valence-corrected chi connectivity index (χ3v) is 4.54. The first kappa shape index (κ1) is 15.6. The molecule has 0 amide bonds. The number of fused-ring (bicyclic) bond motifs is 1. The number of nitrogens with zero attached hydrogens (tertiary/aromatic N) is 5. The van der Waals surface area contributed by atoms with Crippen molar-refractivity contribution in [1.82, 2.24) is 25.0 Å². The summed E-state index contributed by atoms with van der Waals surface area (Å²) < 4.78 is 7.73. The number of aromatic amines is 1. The van der Waals surface area contributed by atoms with Crippen LogP contribution < -0.4 is 15.2 Å². The molecule has 0 aliphatic carbocycles. The van der Waals surface area contributed by atoms with Crippen LogP contribution >= 0.6 is 0 Å². The molecule has 8 nitrogen and oxygen atoms in total. The molecule has 130 valence electrons. The number of hydrogen-bond acceptors (Lipinski definition) is 6. The van der Waals surface area contributed by atoms with Crippen molar-refractivity contribution in [2.75, 3.05) is 18.0 Å². The zero-order valence-electron chi connectivity index (χ0n) is 14.3. The van der Waals surface area contributed by atoms with Gasteiger partial charge in [0.2, 0.25) is 0 Å². The fourth-order valence-corrected chi connectivity index (χ4v) is 3.27. The van der Waals surface area contributed by atoms with Crippen LogP contribution in [0.2, 0.25) is 0 Å². The molecule has 4 rings (SSSR count). The second-order valence-electron chi connectivity index (χ2n) is 6.41. The van der Waals surface area contributed by atoms with Crippen LogP contribution in [0, 0.1) is 6.92 Å². The predicted octanol–water partition coefficient (Wildman–Crippen LogP) is 1.41. The van der Waals surface area contributed by atoms with Crippen LogP contribution in [-0.2, 0) is 7.05 Å². The molecule has 3 aromatic heterocycles. The van der Waals surface area contributed by atoms with E-state index in [0.717, 1.165) is 43.1 Å². The summed E-state index contributed by atoms with van der Waals surface area (Å²) in [6.45, 7) is 3.71. The molecule has 25 heavy (non-hydrogen) atoms. The van der Waals surface area contributed by atoms with Crippen molar-refractivity contribution >= 4 is 16.7 Å². The largest absolute Gasteiger partial charge is 0.487 e. The SMILES string of the molecule is Cc1cc2c(=O)[nH]ncc2nc1N1CCC(Oc2cnn(C)c2)CC1. The molecule has 0 bridgehead atoms. The highest BCUT2D eigenvalue weighted by atomic mass is 16.5. The number of aromatic nitrogens is 5. The van der Waals surface area contributed by atoms with E-state index in [-0.39, 0.29) is 11.7 Å². The van der Waals surface area contributed by atoms with Crippen molar-refractivity contribution < 1.29 is 4.74 Å². The highest BCUT2D eigenvalue weighted by molar-refractivity contribution is 5.80. The van der Waals surface area contributed by atoms with Gasteiger partial charge in [-0.1, -0.05) is 0 Å². The Morgan fingerprint density at radius 3 is 2.80 bits per heavy atom. The zero-order valence-corrected chi connectivity index (χ0v) is 14.3. The number of piperidine rings is 1.